The summed E-state index contributed by atoms with van der Waals surface area (Å²) < 4.78 is 31.7. The molecule has 0 aliphatic carbocycles. The molecule has 0 unspecified atom stereocenters. The Morgan fingerprint density at radius 1 is 0.552 bits per heavy atom. The van der Waals surface area contributed by atoms with E-state index in [-0.39, 0.29) is 23.3 Å². The predicted molar refractivity (Wildman–Crippen MR) is 104 cm³/mol. The molecule has 0 saturated carbocycles. The van der Waals surface area contributed by atoms with Gasteiger partial charge in [0.15, 0.2) is 0 Å². The first-order chi connectivity index (χ1) is 13.7. The number of ether oxygens (including phenoxy) is 6. The molecule has 0 aromatic heterocycles. The summed E-state index contributed by atoms with van der Waals surface area (Å²) in [5.41, 5.74) is -0.371. The fourth-order valence-corrected chi connectivity index (χ4v) is 2.21. The SMILES string of the molecule is CC(=O)OCCCOCC(C)(COCCCOC(C)=O)COCCCOC(C)=O. The Morgan fingerprint density at radius 2 is 0.828 bits per heavy atom. The van der Waals surface area contributed by atoms with Crippen LogP contribution in [0.3, 0.4) is 0 Å². The minimum atomic E-state index is -0.371. The van der Waals surface area contributed by atoms with E-state index in [0.717, 1.165) is 0 Å². The monoisotopic (exact) mass is 420 g/mol. The summed E-state index contributed by atoms with van der Waals surface area (Å²) in [4.78, 5) is 32.2. The highest BCUT2D eigenvalue weighted by Gasteiger charge is 2.26. The van der Waals surface area contributed by atoms with Gasteiger partial charge < -0.3 is 28.4 Å². The van der Waals surface area contributed by atoms with Gasteiger partial charge in [0, 0.05) is 65.3 Å². The molecule has 0 atom stereocenters. The third-order valence-corrected chi connectivity index (χ3v) is 3.57. The van der Waals surface area contributed by atoms with Crippen molar-refractivity contribution in [3.63, 3.8) is 0 Å². The topological polar surface area (TPSA) is 107 Å². The largest absolute Gasteiger partial charge is 0.466 e. The highest BCUT2D eigenvalue weighted by Crippen LogP contribution is 2.19. The van der Waals surface area contributed by atoms with Gasteiger partial charge in [-0.25, -0.2) is 0 Å². The van der Waals surface area contributed by atoms with E-state index in [1.165, 1.54) is 20.8 Å². The number of rotatable bonds is 18. The van der Waals surface area contributed by atoms with Gasteiger partial charge in [-0.05, 0) is 0 Å². The van der Waals surface area contributed by atoms with E-state index in [4.69, 9.17) is 28.4 Å². The fraction of sp³-hybridized carbons (Fsp3) is 0.850. The molecule has 0 aliphatic heterocycles. The minimum Gasteiger partial charge on any atom is -0.466 e. The summed E-state index contributed by atoms with van der Waals surface area (Å²) in [6.07, 6.45) is 1.84. The third kappa shape index (κ3) is 19.4. The zero-order valence-electron chi connectivity index (χ0n) is 18.2. The maximum atomic E-state index is 10.7. The quantitative estimate of drug-likeness (QED) is 0.187. The molecule has 0 saturated heterocycles. The molecule has 0 N–H and O–H groups in total. The second-order valence-corrected chi connectivity index (χ2v) is 7.05. The lowest BCUT2D eigenvalue weighted by Crippen LogP contribution is -2.35. The summed E-state index contributed by atoms with van der Waals surface area (Å²) >= 11 is 0. The van der Waals surface area contributed by atoms with Crippen molar-refractivity contribution in [3.8, 4) is 0 Å². The molecule has 0 spiro atoms. The second kappa shape index (κ2) is 17.2. The molecular weight excluding hydrogens is 384 g/mol. The van der Waals surface area contributed by atoms with E-state index in [1.807, 2.05) is 6.92 Å². The maximum absolute atomic E-state index is 10.7. The molecule has 9 nitrogen and oxygen atoms in total. The van der Waals surface area contributed by atoms with Crippen molar-refractivity contribution >= 4 is 17.9 Å². The summed E-state index contributed by atoms with van der Waals surface area (Å²) in [6, 6.07) is 0. The van der Waals surface area contributed by atoms with Gasteiger partial charge in [0.2, 0.25) is 0 Å². The average molecular weight is 420 g/mol. The zero-order valence-corrected chi connectivity index (χ0v) is 18.2. The first-order valence-electron chi connectivity index (χ1n) is 9.88. The van der Waals surface area contributed by atoms with Crippen molar-refractivity contribution in [2.45, 2.75) is 47.0 Å². The van der Waals surface area contributed by atoms with Crippen LogP contribution in [0.25, 0.3) is 0 Å². The van der Waals surface area contributed by atoms with E-state index >= 15 is 0 Å². The van der Waals surface area contributed by atoms with Crippen LogP contribution in [0, 0.1) is 5.41 Å². The van der Waals surface area contributed by atoms with Gasteiger partial charge in [0.1, 0.15) is 0 Å². The molecule has 0 aromatic rings. The molecule has 0 bridgehead atoms. The van der Waals surface area contributed by atoms with Crippen molar-refractivity contribution in [1.29, 1.82) is 0 Å². The van der Waals surface area contributed by atoms with Crippen LogP contribution in [0.4, 0.5) is 0 Å². The van der Waals surface area contributed by atoms with Crippen molar-refractivity contribution in [1.82, 2.24) is 0 Å². The van der Waals surface area contributed by atoms with Gasteiger partial charge in [0.25, 0.3) is 0 Å². The lowest BCUT2D eigenvalue weighted by Gasteiger charge is -2.29. The van der Waals surface area contributed by atoms with Crippen molar-refractivity contribution < 1.29 is 42.8 Å². The highest BCUT2D eigenvalue weighted by molar-refractivity contribution is 5.66. The van der Waals surface area contributed by atoms with Crippen molar-refractivity contribution in [2.75, 3.05) is 59.5 Å². The lowest BCUT2D eigenvalue weighted by molar-refractivity contribution is -0.142. The van der Waals surface area contributed by atoms with E-state index in [2.05, 4.69) is 0 Å². The highest BCUT2D eigenvalue weighted by atomic mass is 16.5. The Morgan fingerprint density at radius 3 is 1.07 bits per heavy atom. The molecule has 0 aliphatic rings. The van der Waals surface area contributed by atoms with E-state index in [0.29, 0.717) is 78.7 Å². The van der Waals surface area contributed by atoms with Crippen LogP contribution < -0.4 is 0 Å². The van der Waals surface area contributed by atoms with Crippen LogP contribution in [0.2, 0.25) is 0 Å². The van der Waals surface area contributed by atoms with Crippen LogP contribution in [-0.4, -0.2) is 77.4 Å². The normalized spacial score (nSPS) is 11.2. The molecule has 0 fully saturated rings. The van der Waals surface area contributed by atoms with E-state index in [1.54, 1.807) is 0 Å². The van der Waals surface area contributed by atoms with Gasteiger partial charge in [-0.2, -0.15) is 0 Å². The minimum absolute atomic E-state index is 0.306. The van der Waals surface area contributed by atoms with Gasteiger partial charge in [-0.3, -0.25) is 14.4 Å². The number of esters is 3. The van der Waals surface area contributed by atoms with Crippen LogP contribution in [0.5, 0.6) is 0 Å². The van der Waals surface area contributed by atoms with Gasteiger partial charge in [0.05, 0.1) is 39.6 Å². The number of carbonyl (C=O) groups excluding carboxylic acids is 3. The average Bonchev–Trinajstić information content (AvgIpc) is 2.63. The van der Waals surface area contributed by atoms with Crippen LogP contribution >= 0.6 is 0 Å². The summed E-state index contributed by atoms with van der Waals surface area (Å²) in [5, 5.41) is 0. The molecule has 0 heterocycles. The molecular formula is C20H36O9. The Kier molecular flexibility index (Phi) is 16.2. The molecule has 170 valence electrons. The van der Waals surface area contributed by atoms with E-state index < -0.39 is 0 Å². The smallest absolute Gasteiger partial charge is 0.302 e. The Hall–Kier alpha value is -1.71. The van der Waals surface area contributed by atoms with Gasteiger partial charge in [-0.1, -0.05) is 6.92 Å². The molecule has 9 heteroatoms. The Labute approximate surface area is 173 Å². The number of carbonyl (C=O) groups is 3. The van der Waals surface area contributed by atoms with Crippen LogP contribution in [-0.2, 0) is 42.8 Å². The second-order valence-electron chi connectivity index (χ2n) is 7.05. The van der Waals surface area contributed by atoms with Gasteiger partial charge >= 0.3 is 17.9 Å². The summed E-state index contributed by atoms with van der Waals surface area (Å²) in [7, 11) is 0. The first-order valence-corrected chi connectivity index (χ1v) is 9.88. The number of hydrogen-bond donors (Lipinski definition) is 0. The predicted octanol–water partition coefficient (Wildman–Crippen LogP) is 1.90. The zero-order chi connectivity index (χ0) is 22.0. The van der Waals surface area contributed by atoms with Crippen molar-refractivity contribution in [3.05, 3.63) is 0 Å². The van der Waals surface area contributed by atoms with Crippen molar-refractivity contribution in [2.24, 2.45) is 5.41 Å². The molecule has 0 radical (unpaired) electrons. The third-order valence-electron chi connectivity index (χ3n) is 3.57. The summed E-state index contributed by atoms with van der Waals surface area (Å²) in [6.45, 7) is 9.72. The Balaban J connectivity index is 4.17. The lowest BCUT2D eigenvalue weighted by atomic mass is 9.94. The fourth-order valence-electron chi connectivity index (χ4n) is 2.21. The van der Waals surface area contributed by atoms with Gasteiger partial charge in [-0.15, -0.1) is 0 Å². The Bertz CT molecular complexity index is 400. The molecule has 29 heavy (non-hydrogen) atoms. The van der Waals surface area contributed by atoms with Crippen LogP contribution in [0.1, 0.15) is 47.0 Å². The molecule has 0 rings (SSSR count). The van der Waals surface area contributed by atoms with Crippen LogP contribution in [0.15, 0.2) is 0 Å². The molecule has 0 amide bonds. The molecule has 0 aromatic carbocycles. The summed E-state index contributed by atoms with van der Waals surface area (Å²) in [5.74, 6) is -0.919. The maximum Gasteiger partial charge on any atom is 0.302 e. The van der Waals surface area contributed by atoms with E-state index in [9.17, 15) is 14.4 Å². The first kappa shape index (κ1) is 27.3. The number of hydrogen-bond acceptors (Lipinski definition) is 9. The standard InChI is InChI=1S/C20H36O9/c1-17(21)27-11-5-8-24-14-20(4,15-25-9-6-12-28-18(2)22)16-26-10-7-13-29-19(3)23/h5-16H2,1-4H3.